The minimum Gasteiger partial charge on any atom is -0.480 e. The molecule has 1 aliphatic rings. The van der Waals surface area contributed by atoms with Crippen LogP contribution in [0, 0.1) is 0 Å². The van der Waals surface area contributed by atoms with Crippen LogP contribution in [0.2, 0.25) is 0 Å². The van der Waals surface area contributed by atoms with E-state index in [1.165, 1.54) is 0 Å². The molecular formula is C23H29N3O4S2. The van der Waals surface area contributed by atoms with Gasteiger partial charge in [0, 0.05) is 12.6 Å². The molecule has 2 unspecified atom stereocenters. The lowest BCUT2D eigenvalue weighted by atomic mass is 9.94. The first-order valence-electron chi connectivity index (χ1n) is 10.9. The fourth-order valence-electron chi connectivity index (χ4n) is 3.96. The van der Waals surface area contributed by atoms with Gasteiger partial charge >= 0.3 is 5.97 Å². The van der Waals surface area contributed by atoms with Crippen LogP contribution in [0.4, 0.5) is 0 Å². The van der Waals surface area contributed by atoms with Crippen LogP contribution in [-0.2, 0) is 16.0 Å². The largest absolute Gasteiger partial charge is 0.480 e. The Kier molecular flexibility index (Phi) is 8.31. The quantitative estimate of drug-likeness (QED) is 0.306. The van der Waals surface area contributed by atoms with Gasteiger partial charge in [-0.3, -0.25) is 9.78 Å². The van der Waals surface area contributed by atoms with Crippen LogP contribution in [0.3, 0.4) is 0 Å². The van der Waals surface area contributed by atoms with E-state index in [0.717, 1.165) is 25.7 Å². The standard InChI is InChI=1S/C23H29N3O4S2/c1-2-6-19(31)20(32)26-23(10-3-4-11-23)22(29)25-17(21(27)28)13-15-8-9-16(24-14-15)18-7-5-12-30-18/h5,7-9,12,14,17,19,31H,2-4,6,10-11,13H2,1H3,(H,25,29)(H,26,32)(H,27,28). The summed E-state index contributed by atoms with van der Waals surface area (Å²) in [6, 6.07) is 6.07. The fourth-order valence-corrected chi connectivity index (χ4v) is 4.59. The lowest BCUT2D eigenvalue weighted by Crippen LogP contribution is -2.60. The average Bonchev–Trinajstić information content (AvgIpc) is 3.47. The van der Waals surface area contributed by atoms with Crippen molar-refractivity contribution < 1.29 is 19.1 Å². The number of thiol groups is 1. The summed E-state index contributed by atoms with van der Waals surface area (Å²) in [6.45, 7) is 2.05. The Bertz CT molecular complexity index is 925. The molecule has 3 rings (SSSR count). The number of thiocarbonyl (C=S) groups is 1. The van der Waals surface area contributed by atoms with Crippen molar-refractivity contribution in [3.63, 3.8) is 0 Å². The zero-order valence-corrected chi connectivity index (χ0v) is 19.8. The highest BCUT2D eigenvalue weighted by Crippen LogP contribution is 2.31. The van der Waals surface area contributed by atoms with E-state index < -0.39 is 17.6 Å². The Morgan fingerprint density at radius 1 is 1.31 bits per heavy atom. The SMILES string of the molecule is CCCC(S)C(=S)NC1(C(=O)NC(Cc2ccc(-c3ccco3)nc2)C(=O)O)CCCC1. The van der Waals surface area contributed by atoms with Crippen LogP contribution in [0.15, 0.2) is 41.1 Å². The number of carboxylic acids is 1. The van der Waals surface area contributed by atoms with Crippen LogP contribution in [-0.4, -0.2) is 43.8 Å². The van der Waals surface area contributed by atoms with Crippen LogP contribution in [0.1, 0.15) is 51.0 Å². The highest BCUT2D eigenvalue weighted by Gasteiger charge is 2.43. The third kappa shape index (κ3) is 5.89. The minimum atomic E-state index is -1.10. The molecule has 9 heteroatoms. The Morgan fingerprint density at radius 2 is 2.06 bits per heavy atom. The molecule has 0 radical (unpaired) electrons. The van der Waals surface area contributed by atoms with E-state index in [1.807, 2.05) is 0 Å². The van der Waals surface area contributed by atoms with E-state index in [4.69, 9.17) is 16.6 Å². The third-order valence-corrected chi connectivity index (χ3v) is 6.84. The van der Waals surface area contributed by atoms with Crippen molar-refractivity contribution in [1.82, 2.24) is 15.6 Å². The molecule has 0 spiro atoms. The number of aromatic nitrogens is 1. The van der Waals surface area contributed by atoms with E-state index in [9.17, 15) is 14.7 Å². The van der Waals surface area contributed by atoms with Crippen LogP contribution in [0.25, 0.3) is 11.5 Å². The van der Waals surface area contributed by atoms with Crippen molar-refractivity contribution in [2.24, 2.45) is 0 Å². The number of rotatable bonds is 10. The minimum absolute atomic E-state index is 0.123. The predicted molar refractivity (Wildman–Crippen MR) is 130 cm³/mol. The van der Waals surface area contributed by atoms with Gasteiger partial charge in [0.15, 0.2) is 5.76 Å². The number of hydrogen-bond acceptors (Lipinski definition) is 6. The summed E-state index contributed by atoms with van der Waals surface area (Å²) in [6.07, 6.45) is 8.02. The van der Waals surface area contributed by atoms with Crippen molar-refractivity contribution in [3.05, 3.63) is 42.3 Å². The number of hydrogen-bond donors (Lipinski definition) is 4. The van der Waals surface area contributed by atoms with Gasteiger partial charge in [-0.15, -0.1) is 0 Å². The summed E-state index contributed by atoms with van der Waals surface area (Å²) in [5.41, 5.74) is 0.474. The van der Waals surface area contributed by atoms with Gasteiger partial charge in [0.25, 0.3) is 0 Å². The second-order valence-electron chi connectivity index (χ2n) is 8.18. The number of carbonyl (C=O) groups excluding carboxylic acids is 1. The van der Waals surface area contributed by atoms with Gasteiger partial charge in [-0.1, -0.05) is 44.5 Å². The van der Waals surface area contributed by atoms with Crippen LogP contribution in [0.5, 0.6) is 0 Å². The lowest BCUT2D eigenvalue weighted by molar-refractivity contribution is -0.142. The van der Waals surface area contributed by atoms with Crippen molar-refractivity contribution >= 4 is 41.7 Å². The number of nitrogens with one attached hydrogen (secondary N) is 2. The molecule has 172 valence electrons. The maximum Gasteiger partial charge on any atom is 0.326 e. The first kappa shape index (κ1) is 24.3. The van der Waals surface area contributed by atoms with Gasteiger partial charge in [0.05, 0.1) is 16.5 Å². The van der Waals surface area contributed by atoms with Gasteiger partial charge < -0.3 is 20.2 Å². The molecule has 3 N–H and O–H groups in total. The zero-order valence-electron chi connectivity index (χ0n) is 18.0. The van der Waals surface area contributed by atoms with Crippen molar-refractivity contribution in [3.8, 4) is 11.5 Å². The molecule has 32 heavy (non-hydrogen) atoms. The number of furan rings is 1. The number of carboxylic acid groups (broad SMARTS) is 1. The molecular weight excluding hydrogens is 446 g/mol. The number of carbonyl (C=O) groups is 2. The summed E-state index contributed by atoms with van der Waals surface area (Å²) in [4.78, 5) is 30.0. The summed E-state index contributed by atoms with van der Waals surface area (Å²) >= 11 is 10.0. The van der Waals surface area contributed by atoms with Crippen LogP contribution >= 0.6 is 24.8 Å². The molecule has 1 saturated carbocycles. The molecule has 2 aromatic rings. The van der Waals surface area contributed by atoms with Gasteiger partial charge in [0.2, 0.25) is 5.91 Å². The molecule has 1 fully saturated rings. The number of amides is 1. The van der Waals surface area contributed by atoms with E-state index in [1.54, 1.807) is 36.7 Å². The molecule has 0 bridgehead atoms. The second-order valence-corrected chi connectivity index (χ2v) is 9.24. The maximum atomic E-state index is 13.2. The first-order valence-corrected chi connectivity index (χ1v) is 11.8. The Labute approximate surface area is 198 Å². The second kappa shape index (κ2) is 11.0. The van der Waals surface area contributed by atoms with Gasteiger partial charge in [-0.05, 0) is 43.0 Å². The topological polar surface area (TPSA) is 104 Å². The third-order valence-electron chi connectivity index (χ3n) is 5.76. The van der Waals surface area contributed by atoms with E-state index in [-0.39, 0.29) is 17.6 Å². The zero-order chi connectivity index (χ0) is 23.1. The first-order chi connectivity index (χ1) is 15.3. The Balaban J connectivity index is 1.69. The Morgan fingerprint density at radius 3 is 2.62 bits per heavy atom. The smallest absolute Gasteiger partial charge is 0.326 e. The van der Waals surface area contributed by atoms with Gasteiger partial charge in [0.1, 0.15) is 17.3 Å². The van der Waals surface area contributed by atoms with Crippen molar-refractivity contribution in [2.75, 3.05) is 0 Å². The number of nitrogens with zero attached hydrogens (tertiary/aromatic N) is 1. The maximum absolute atomic E-state index is 13.2. The van der Waals surface area contributed by atoms with E-state index in [0.29, 0.717) is 34.8 Å². The molecule has 0 aromatic carbocycles. The van der Waals surface area contributed by atoms with Crippen LogP contribution < -0.4 is 10.6 Å². The summed E-state index contributed by atoms with van der Waals surface area (Å²) < 4.78 is 5.33. The number of aliphatic carboxylic acids is 1. The highest BCUT2D eigenvalue weighted by molar-refractivity contribution is 7.86. The lowest BCUT2D eigenvalue weighted by Gasteiger charge is -2.33. The molecule has 2 heterocycles. The molecule has 2 atom stereocenters. The van der Waals surface area contributed by atoms with Gasteiger partial charge in [-0.2, -0.15) is 12.6 Å². The Hall–Kier alpha value is -2.39. The van der Waals surface area contributed by atoms with E-state index >= 15 is 0 Å². The predicted octanol–water partition coefficient (Wildman–Crippen LogP) is 3.78. The number of pyridine rings is 1. The average molecular weight is 476 g/mol. The molecule has 1 amide bonds. The molecule has 7 nitrogen and oxygen atoms in total. The van der Waals surface area contributed by atoms with Crippen molar-refractivity contribution in [1.29, 1.82) is 0 Å². The summed E-state index contributed by atoms with van der Waals surface area (Å²) in [7, 11) is 0. The monoisotopic (exact) mass is 475 g/mol. The molecule has 2 aromatic heterocycles. The molecule has 0 saturated heterocycles. The molecule has 0 aliphatic heterocycles. The normalized spacial score (nSPS) is 16.8. The summed E-state index contributed by atoms with van der Waals surface area (Å²) in [5, 5.41) is 15.6. The van der Waals surface area contributed by atoms with Crippen molar-refractivity contribution in [2.45, 2.75) is 68.7 Å². The van der Waals surface area contributed by atoms with Gasteiger partial charge in [-0.25, -0.2) is 4.79 Å². The van der Waals surface area contributed by atoms with E-state index in [2.05, 4.69) is 35.2 Å². The fraction of sp³-hybridized carbons (Fsp3) is 0.478. The summed E-state index contributed by atoms with van der Waals surface area (Å²) in [5.74, 6) is -0.792. The highest BCUT2D eigenvalue weighted by atomic mass is 32.1. The molecule has 1 aliphatic carbocycles.